The number of halogens is 1. The molecule has 1 aliphatic heterocycles. The van der Waals surface area contributed by atoms with Crippen LogP contribution in [0, 0.1) is 5.82 Å². The van der Waals surface area contributed by atoms with Gasteiger partial charge in [-0.15, -0.1) is 0 Å². The summed E-state index contributed by atoms with van der Waals surface area (Å²) >= 11 is 0. The Bertz CT molecular complexity index is 1350. The first-order valence-electron chi connectivity index (χ1n) is 13.4. The number of esters is 1. The molecule has 200 valence electrons. The largest absolute Gasteiger partial charge is 0.460 e. The number of hydrogen-bond donors (Lipinski definition) is 0. The molecule has 3 aromatic rings. The van der Waals surface area contributed by atoms with Crippen molar-refractivity contribution in [2.75, 3.05) is 0 Å². The first-order valence-corrected chi connectivity index (χ1v) is 13.4. The van der Waals surface area contributed by atoms with E-state index in [4.69, 9.17) is 19.2 Å². The minimum absolute atomic E-state index is 0.167. The number of nitrogens with zero attached hydrogens (tertiary/aromatic N) is 1. The van der Waals surface area contributed by atoms with Crippen LogP contribution >= 0.6 is 0 Å². The van der Waals surface area contributed by atoms with Crippen LogP contribution in [0.25, 0.3) is 28.1 Å². The Morgan fingerprint density at radius 1 is 1.11 bits per heavy atom. The lowest BCUT2D eigenvalue weighted by Crippen LogP contribution is -2.45. The number of carbonyl (C=O) groups is 1. The van der Waals surface area contributed by atoms with Gasteiger partial charge in [0.05, 0.1) is 29.8 Å². The number of carbonyl (C=O) groups excluding carboxylic acids is 1. The van der Waals surface area contributed by atoms with Crippen LogP contribution in [0.4, 0.5) is 4.39 Å². The van der Waals surface area contributed by atoms with Gasteiger partial charge in [-0.3, -0.25) is 9.78 Å². The molecule has 1 saturated carbocycles. The zero-order valence-corrected chi connectivity index (χ0v) is 22.8. The van der Waals surface area contributed by atoms with Gasteiger partial charge >= 0.3 is 5.97 Å². The summed E-state index contributed by atoms with van der Waals surface area (Å²) in [6, 6.07) is 14.8. The lowest BCUT2D eigenvalue weighted by atomic mass is 9.92. The van der Waals surface area contributed by atoms with Crippen LogP contribution < -0.4 is 0 Å². The summed E-state index contributed by atoms with van der Waals surface area (Å²) in [5.74, 6) is -0.983. The smallest absolute Gasteiger partial charge is 0.308 e. The Hall–Kier alpha value is -3.09. The molecule has 1 saturated heterocycles. The molecule has 1 aliphatic carbocycles. The maximum atomic E-state index is 13.8. The van der Waals surface area contributed by atoms with Crippen molar-refractivity contribution in [1.82, 2.24) is 4.98 Å². The molecule has 5 nitrogen and oxygen atoms in total. The molecule has 5 rings (SSSR count). The zero-order valence-electron chi connectivity index (χ0n) is 22.8. The van der Waals surface area contributed by atoms with E-state index in [1.54, 1.807) is 0 Å². The molecule has 0 bridgehead atoms. The van der Waals surface area contributed by atoms with E-state index in [9.17, 15) is 9.18 Å². The molecule has 0 N–H and O–H groups in total. The van der Waals surface area contributed by atoms with Gasteiger partial charge in [-0.05, 0) is 71.2 Å². The van der Waals surface area contributed by atoms with Crippen LogP contribution in [-0.2, 0) is 19.0 Å². The third kappa shape index (κ3) is 6.30. The average molecular weight is 518 g/mol. The van der Waals surface area contributed by atoms with Gasteiger partial charge in [0.15, 0.2) is 5.79 Å². The van der Waals surface area contributed by atoms with E-state index in [0.717, 1.165) is 46.1 Å². The molecule has 2 aliphatic rings. The summed E-state index contributed by atoms with van der Waals surface area (Å²) in [6.45, 7) is 9.31. The highest BCUT2D eigenvalue weighted by atomic mass is 19.1. The summed E-state index contributed by atoms with van der Waals surface area (Å²) < 4.78 is 31.7. The molecular formula is C32H36FNO4. The monoisotopic (exact) mass is 517 g/mol. The molecule has 2 atom stereocenters. The summed E-state index contributed by atoms with van der Waals surface area (Å²) in [5.41, 5.74) is 4.49. The second kappa shape index (κ2) is 10.2. The second-order valence-electron chi connectivity index (χ2n) is 11.8. The van der Waals surface area contributed by atoms with Crippen molar-refractivity contribution in [3.63, 3.8) is 0 Å². The summed E-state index contributed by atoms with van der Waals surface area (Å²) in [5, 5.41) is 1.03. The molecule has 0 spiro atoms. The quantitative estimate of drug-likeness (QED) is 0.316. The highest BCUT2D eigenvalue weighted by Gasteiger charge is 2.36. The number of pyridine rings is 1. The number of ether oxygens (including phenoxy) is 3. The Labute approximate surface area is 224 Å². The number of benzene rings is 2. The molecule has 2 aromatic carbocycles. The number of hydrogen-bond acceptors (Lipinski definition) is 5. The normalized spacial score (nSPS) is 21.6. The third-order valence-corrected chi connectivity index (χ3v) is 6.73. The summed E-state index contributed by atoms with van der Waals surface area (Å²) in [6.07, 6.45) is 6.48. The molecule has 0 unspecified atom stereocenters. The highest BCUT2D eigenvalue weighted by molar-refractivity contribution is 5.99. The first kappa shape index (κ1) is 26.5. The van der Waals surface area contributed by atoms with E-state index >= 15 is 0 Å². The van der Waals surface area contributed by atoms with E-state index in [1.165, 1.54) is 12.1 Å². The van der Waals surface area contributed by atoms with Crippen LogP contribution in [0.15, 0.2) is 54.6 Å². The minimum Gasteiger partial charge on any atom is -0.460 e. The standard InChI is InChI=1S/C32H36FNO4/c1-31(2,3)38-28(35)19-24-18-23(36-32(4,5)37-24)16-17-26-29(20-12-14-22(33)15-13-20)25-8-6-7-9-27(25)34-30(26)21-10-11-21/h6-9,12-17,21,23-24H,10-11,18-19H2,1-5H3/b17-16+/t23-,24-/m0/s1. The number of rotatable bonds is 6. The topological polar surface area (TPSA) is 57.7 Å². The zero-order chi connectivity index (χ0) is 27.1. The maximum absolute atomic E-state index is 13.8. The van der Waals surface area contributed by atoms with Crippen LogP contribution in [-0.4, -0.2) is 34.5 Å². The first-order chi connectivity index (χ1) is 18.0. The molecule has 6 heteroatoms. The Balaban J connectivity index is 1.51. The van der Waals surface area contributed by atoms with Crippen molar-refractivity contribution in [2.24, 2.45) is 0 Å². The lowest BCUT2D eigenvalue weighted by Gasteiger charge is -2.39. The molecular weight excluding hydrogens is 481 g/mol. The van der Waals surface area contributed by atoms with Gasteiger partial charge in [0.1, 0.15) is 11.4 Å². The fourth-order valence-electron chi connectivity index (χ4n) is 5.17. The number of fused-ring (bicyclic) bond motifs is 1. The SMILES string of the molecule is CC(C)(C)OC(=O)C[C@@H]1C[C@H](/C=C/c2c(C3CC3)nc3ccccc3c2-c2ccc(F)cc2)OC(C)(C)O1. The van der Waals surface area contributed by atoms with Crippen LogP contribution in [0.1, 0.15) is 77.5 Å². The van der Waals surface area contributed by atoms with Crippen molar-refractivity contribution < 1.29 is 23.4 Å². The Morgan fingerprint density at radius 2 is 1.82 bits per heavy atom. The Kier molecular flexibility index (Phi) is 7.14. The molecule has 38 heavy (non-hydrogen) atoms. The fourth-order valence-corrected chi connectivity index (χ4v) is 5.17. The maximum Gasteiger partial charge on any atom is 0.308 e. The van der Waals surface area contributed by atoms with E-state index in [2.05, 4.69) is 18.2 Å². The van der Waals surface area contributed by atoms with Crippen molar-refractivity contribution >= 4 is 22.9 Å². The second-order valence-corrected chi connectivity index (χ2v) is 11.8. The van der Waals surface area contributed by atoms with Gasteiger partial charge in [0, 0.05) is 28.9 Å². The van der Waals surface area contributed by atoms with E-state index in [0.29, 0.717) is 12.3 Å². The van der Waals surface area contributed by atoms with E-state index in [1.807, 2.05) is 65.0 Å². The third-order valence-electron chi connectivity index (χ3n) is 6.73. The molecule has 2 heterocycles. The van der Waals surface area contributed by atoms with E-state index < -0.39 is 11.4 Å². The fraction of sp³-hybridized carbons (Fsp3) is 0.438. The van der Waals surface area contributed by atoms with Crippen LogP contribution in [0.2, 0.25) is 0 Å². The predicted molar refractivity (Wildman–Crippen MR) is 147 cm³/mol. The summed E-state index contributed by atoms with van der Waals surface area (Å²) in [7, 11) is 0. The molecule has 2 fully saturated rings. The number of para-hydroxylation sites is 1. The van der Waals surface area contributed by atoms with Crippen molar-refractivity contribution in [3.8, 4) is 11.1 Å². The van der Waals surface area contributed by atoms with Crippen molar-refractivity contribution in [1.29, 1.82) is 0 Å². The van der Waals surface area contributed by atoms with Gasteiger partial charge in [-0.25, -0.2) is 4.39 Å². The molecule has 0 amide bonds. The summed E-state index contributed by atoms with van der Waals surface area (Å²) in [4.78, 5) is 17.6. The van der Waals surface area contributed by atoms with Crippen LogP contribution in [0.5, 0.6) is 0 Å². The molecule has 0 radical (unpaired) electrons. The van der Waals surface area contributed by atoms with Gasteiger partial charge in [-0.2, -0.15) is 0 Å². The Morgan fingerprint density at radius 3 is 2.50 bits per heavy atom. The van der Waals surface area contributed by atoms with Gasteiger partial charge in [0.25, 0.3) is 0 Å². The highest BCUT2D eigenvalue weighted by Crippen LogP contribution is 2.45. The minimum atomic E-state index is -0.847. The van der Waals surface area contributed by atoms with E-state index in [-0.39, 0.29) is 30.4 Å². The van der Waals surface area contributed by atoms with Gasteiger partial charge in [0.2, 0.25) is 0 Å². The van der Waals surface area contributed by atoms with Crippen LogP contribution in [0.3, 0.4) is 0 Å². The average Bonchev–Trinajstić information content (AvgIpc) is 3.66. The van der Waals surface area contributed by atoms with Gasteiger partial charge < -0.3 is 14.2 Å². The number of aromatic nitrogens is 1. The molecule has 1 aromatic heterocycles. The van der Waals surface area contributed by atoms with Gasteiger partial charge in [-0.1, -0.05) is 42.5 Å². The van der Waals surface area contributed by atoms with Crippen molar-refractivity contribution in [3.05, 3.63) is 71.7 Å². The predicted octanol–water partition coefficient (Wildman–Crippen LogP) is 7.57. The lowest BCUT2D eigenvalue weighted by molar-refractivity contribution is -0.290. The van der Waals surface area contributed by atoms with Crippen molar-refractivity contribution in [2.45, 2.75) is 89.8 Å².